The van der Waals surface area contributed by atoms with Crippen molar-refractivity contribution in [3.8, 4) is 0 Å². The van der Waals surface area contributed by atoms with Crippen LogP contribution in [0.3, 0.4) is 0 Å². The van der Waals surface area contributed by atoms with Gasteiger partial charge in [-0.05, 0) is 12.8 Å². The number of aryl methyl sites for hydroxylation is 4. The van der Waals surface area contributed by atoms with Crippen LogP contribution in [0.1, 0.15) is 46.5 Å². The lowest BCUT2D eigenvalue weighted by atomic mass is 10.1. The molecular weight excluding hydrogens is 556 g/mol. The number of imidazole rings is 2. The van der Waals surface area contributed by atoms with Gasteiger partial charge in [-0.15, -0.1) is 0 Å². The molecule has 0 saturated heterocycles. The van der Waals surface area contributed by atoms with E-state index in [9.17, 15) is 35.1 Å². The predicted molar refractivity (Wildman–Crippen MR) is 118 cm³/mol. The highest BCUT2D eigenvalue weighted by atomic mass is 32.3. The van der Waals surface area contributed by atoms with Crippen LogP contribution < -0.4 is 9.13 Å². The van der Waals surface area contributed by atoms with Gasteiger partial charge in [0.25, 0.3) is 0 Å². The van der Waals surface area contributed by atoms with Crippen molar-refractivity contribution >= 4 is 10.4 Å². The molecule has 0 N–H and O–H groups in total. The molecule has 0 fully saturated rings. The molecule has 0 aliphatic heterocycles. The topological polar surface area (TPSA) is 97.9 Å². The highest BCUT2D eigenvalue weighted by molar-refractivity contribution is 7.79. The Balaban J connectivity index is 0. The zero-order chi connectivity index (χ0) is 30.4. The summed E-state index contributed by atoms with van der Waals surface area (Å²) in [6, 6.07) is 0. The van der Waals surface area contributed by atoms with Crippen molar-refractivity contribution < 1.29 is 61.8 Å². The Morgan fingerprint density at radius 1 is 0.816 bits per heavy atom. The van der Waals surface area contributed by atoms with Crippen LogP contribution in [-0.2, 0) is 37.6 Å². The molecule has 0 bridgehead atoms. The fourth-order valence-corrected chi connectivity index (χ4v) is 2.38. The lowest BCUT2D eigenvalue weighted by Crippen LogP contribution is -2.56. The average Bonchev–Trinajstić information content (AvgIpc) is 3.37. The first-order valence-electron chi connectivity index (χ1n) is 11.2. The van der Waals surface area contributed by atoms with E-state index in [-0.39, 0.29) is 0 Å². The van der Waals surface area contributed by atoms with Gasteiger partial charge >= 0.3 is 24.2 Å². The molecule has 0 spiro atoms. The number of unbranched alkanes of at least 4 members (excludes halogenated alkanes) is 2. The number of alkyl halides is 8. The number of rotatable bonds is 9. The van der Waals surface area contributed by atoms with E-state index in [1.807, 2.05) is 14.1 Å². The van der Waals surface area contributed by atoms with Gasteiger partial charge in [-0.2, -0.15) is 26.3 Å². The maximum Gasteiger partial charge on any atom is 0.377 e. The first-order chi connectivity index (χ1) is 17.1. The second-order valence-electron chi connectivity index (χ2n) is 8.14. The number of hydrogen-bond acceptors (Lipinski definition) is 4. The lowest BCUT2D eigenvalue weighted by molar-refractivity contribution is -0.696. The van der Waals surface area contributed by atoms with Crippen LogP contribution in [-0.4, -0.2) is 50.9 Å². The molecule has 2 aromatic rings. The van der Waals surface area contributed by atoms with Crippen LogP contribution in [0.5, 0.6) is 0 Å². The van der Waals surface area contributed by atoms with Gasteiger partial charge in [-0.25, -0.2) is 27.0 Å². The highest BCUT2D eigenvalue weighted by Crippen LogP contribution is 2.48. The molecule has 0 atom stereocenters. The molecule has 17 heteroatoms. The molecule has 2 rings (SSSR count). The smallest absolute Gasteiger partial charge is 0.377 e. The van der Waals surface area contributed by atoms with Crippen molar-refractivity contribution in [1.82, 2.24) is 9.13 Å². The van der Waals surface area contributed by atoms with Gasteiger partial charge in [-0.1, -0.05) is 26.7 Å². The second kappa shape index (κ2) is 16.6. The summed E-state index contributed by atoms with van der Waals surface area (Å²) in [6.45, 7) is 6.17. The number of nitrogens with zero attached hydrogens (tertiary/aromatic N) is 4. The third-order valence-electron chi connectivity index (χ3n) is 4.43. The molecule has 0 saturated carbocycles. The molecule has 0 amide bonds. The molecule has 0 aromatic carbocycles. The third-order valence-corrected chi connectivity index (χ3v) is 4.43. The van der Waals surface area contributed by atoms with E-state index in [4.69, 9.17) is 17.5 Å². The quantitative estimate of drug-likeness (QED) is 0.190. The summed E-state index contributed by atoms with van der Waals surface area (Å²) in [7, 11) is -1.08. The van der Waals surface area contributed by atoms with Crippen LogP contribution >= 0.6 is 0 Å². The Morgan fingerprint density at radius 3 is 1.29 bits per heavy atom. The largest absolute Gasteiger partial charge is 0.759 e. The van der Waals surface area contributed by atoms with Crippen molar-refractivity contribution in [2.24, 2.45) is 14.1 Å². The Labute approximate surface area is 217 Å². The number of aromatic nitrogens is 4. The average molecular weight is 591 g/mol. The molecule has 0 radical (unpaired) electrons. The van der Waals surface area contributed by atoms with E-state index < -0.39 is 41.5 Å². The van der Waals surface area contributed by atoms with Crippen molar-refractivity contribution in [3.63, 3.8) is 0 Å². The standard InChI is InChI=1S/2C8H15N2.C5H4F8.H2O4S/c2*1-3-4-5-10-7-6-9(2)8-10;1-3(8,9)5(12,13)4(10,11)2(6)7;1-5(2,3)4/h2*6-8H,3-5H2,1-2H3;2H,1H3;(H2,1,2,3,4)/q2*+1;;/p-2. The fraction of sp³-hybridized carbons (Fsp3) is 0.714. The minimum Gasteiger partial charge on any atom is -0.759 e. The summed E-state index contributed by atoms with van der Waals surface area (Å²) in [4.78, 5) is 0. The Morgan fingerprint density at radius 2 is 1.13 bits per heavy atom. The maximum absolute atomic E-state index is 12.0. The fourth-order valence-electron chi connectivity index (χ4n) is 2.38. The van der Waals surface area contributed by atoms with Gasteiger partial charge in [0.1, 0.15) is 24.8 Å². The van der Waals surface area contributed by atoms with E-state index in [2.05, 4.69) is 69.6 Å². The minimum atomic E-state index is -6.06. The van der Waals surface area contributed by atoms with Crippen molar-refractivity contribution in [1.29, 1.82) is 0 Å². The van der Waals surface area contributed by atoms with E-state index in [1.54, 1.807) is 0 Å². The molecule has 224 valence electrons. The van der Waals surface area contributed by atoms with Crippen LogP contribution in [0.2, 0.25) is 0 Å². The van der Waals surface area contributed by atoms with Crippen LogP contribution in [0, 0.1) is 0 Å². The summed E-state index contributed by atoms with van der Waals surface area (Å²) in [5, 5.41) is 0. The molecule has 38 heavy (non-hydrogen) atoms. The highest BCUT2D eigenvalue weighted by Gasteiger charge is 2.73. The van der Waals surface area contributed by atoms with Gasteiger partial charge in [0.15, 0.2) is 0 Å². The van der Waals surface area contributed by atoms with E-state index in [1.165, 1.54) is 25.7 Å². The maximum atomic E-state index is 12.0. The Kier molecular flexibility index (Phi) is 16.6. The Bertz CT molecular complexity index is 957. The van der Waals surface area contributed by atoms with E-state index in [0.29, 0.717) is 0 Å². The molecular formula is C21H34F8N4O4S. The summed E-state index contributed by atoms with van der Waals surface area (Å²) in [5.41, 5.74) is 0. The summed E-state index contributed by atoms with van der Waals surface area (Å²) >= 11 is 0. The molecule has 0 unspecified atom stereocenters. The molecule has 2 heterocycles. The summed E-state index contributed by atoms with van der Waals surface area (Å²) < 4.78 is 136. The lowest BCUT2D eigenvalue weighted by Gasteiger charge is -2.29. The summed E-state index contributed by atoms with van der Waals surface area (Å²) in [5.74, 6) is -17.3. The monoisotopic (exact) mass is 590 g/mol. The molecule has 2 aromatic heterocycles. The first-order valence-corrected chi connectivity index (χ1v) is 12.5. The zero-order valence-corrected chi connectivity index (χ0v) is 22.5. The zero-order valence-electron chi connectivity index (χ0n) is 21.6. The number of halogens is 8. The minimum absolute atomic E-state index is 0.552. The van der Waals surface area contributed by atoms with Crippen molar-refractivity contribution in [2.75, 3.05) is 0 Å². The second-order valence-corrected chi connectivity index (χ2v) is 8.95. The normalized spacial score (nSPS) is 12.1. The Hall–Kier alpha value is -2.27. The number of hydrogen-bond donors (Lipinski definition) is 0. The third kappa shape index (κ3) is 15.9. The van der Waals surface area contributed by atoms with Gasteiger partial charge in [0, 0.05) is 17.3 Å². The van der Waals surface area contributed by atoms with Crippen molar-refractivity contribution in [3.05, 3.63) is 37.4 Å². The first kappa shape index (κ1) is 37.9. The van der Waals surface area contributed by atoms with Gasteiger partial charge in [0.2, 0.25) is 12.7 Å². The molecule has 0 aliphatic carbocycles. The van der Waals surface area contributed by atoms with Crippen LogP contribution in [0.15, 0.2) is 37.4 Å². The van der Waals surface area contributed by atoms with E-state index >= 15 is 0 Å². The van der Waals surface area contributed by atoms with Gasteiger partial charge in [0.05, 0.1) is 27.2 Å². The van der Waals surface area contributed by atoms with Gasteiger partial charge < -0.3 is 9.11 Å². The van der Waals surface area contributed by atoms with Crippen molar-refractivity contribution in [2.45, 2.75) is 83.7 Å². The molecule has 0 aliphatic rings. The van der Waals surface area contributed by atoms with Crippen LogP contribution in [0.4, 0.5) is 35.1 Å². The van der Waals surface area contributed by atoms with Gasteiger partial charge in [-0.3, -0.25) is 8.42 Å². The summed E-state index contributed by atoms with van der Waals surface area (Å²) in [6.07, 6.45) is 12.8. The SMILES string of the molecule is CC(F)(F)C(F)(F)C(F)(F)C(F)F.CCCC[n+]1ccn(C)c1.CCCC[n+]1ccn(C)c1.O=S(=O)([O-])[O-]. The van der Waals surface area contributed by atoms with Crippen LogP contribution in [0.25, 0.3) is 0 Å². The van der Waals surface area contributed by atoms with E-state index in [0.717, 1.165) is 13.1 Å². The molecule has 8 nitrogen and oxygen atoms in total. The predicted octanol–water partition coefficient (Wildman–Crippen LogP) is 4.06.